The molecule has 2 aromatic rings. The molecule has 0 bridgehead atoms. The maximum atomic E-state index is 13.8. The molecule has 6 heteroatoms. The number of carbonyl (C=O) groups is 2. The highest BCUT2D eigenvalue weighted by atomic mass is 35.5. The van der Waals surface area contributed by atoms with Crippen molar-refractivity contribution in [3.8, 4) is 0 Å². The highest BCUT2D eigenvalue weighted by Crippen LogP contribution is 2.29. The SMILES string of the molecule is CC(OC(=O)Cc1c(F)cccc1Cl)C(=O)NC1CCCc2ccccc21. The molecule has 0 saturated heterocycles. The van der Waals surface area contributed by atoms with Crippen LogP contribution in [0.5, 0.6) is 0 Å². The third-order valence-electron chi connectivity index (χ3n) is 4.75. The Bertz CT molecular complexity index is 835. The van der Waals surface area contributed by atoms with E-state index >= 15 is 0 Å². The predicted molar refractivity (Wildman–Crippen MR) is 101 cm³/mol. The molecule has 0 spiro atoms. The Balaban J connectivity index is 1.59. The lowest BCUT2D eigenvalue weighted by molar-refractivity contribution is -0.154. The lowest BCUT2D eigenvalue weighted by Crippen LogP contribution is -2.39. The van der Waals surface area contributed by atoms with E-state index in [1.807, 2.05) is 18.2 Å². The molecule has 1 amide bonds. The van der Waals surface area contributed by atoms with E-state index in [4.69, 9.17) is 16.3 Å². The summed E-state index contributed by atoms with van der Waals surface area (Å²) in [7, 11) is 0. The quantitative estimate of drug-likeness (QED) is 0.781. The van der Waals surface area contributed by atoms with Crippen LogP contribution in [0.4, 0.5) is 4.39 Å². The summed E-state index contributed by atoms with van der Waals surface area (Å²) < 4.78 is 19.0. The second kappa shape index (κ2) is 8.53. The molecule has 2 atom stereocenters. The molecule has 2 aromatic carbocycles. The van der Waals surface area contributed by atoms with Gasteiger partial charge >= 0.3 is 5.97 Å². The Hall–Kier alpha value is -2.40. The van der Waals surface area contributed by atoms with E-state index < -0.39 is 17.9 Å². The Kier molecular flexibility index (Phi) is 6.11. The second-order valence-electron chi connectivity index (χ2n) is 6.66. The number of hydrogen-bond acceptors (Lipinski definition) is 3. The van der Waals surface area contributed by atoms with E-state index in [1.165, 1.54) is 30.7 Å². The smallest absolute Gasteiger partial charge is 0.311 e. The lowest BCUT2D eigenvalue weighted by Gasteiger charge is -2.27. The van der Waals surface area contributed by atoms with Crippen LogP contribution in [0.15, 0.2) is 42.5 Å². The molecule has 142 valence electrons. The summed E-state index contributed by atoms with van der Waals surface area (Å²) in [6.45, 7) is 1.50. The lowest BCUT2D eigenvalue weighted by atomic mass is 9.87. The summed E-state index contributed by atoms with van der Waals surface area (Å²) in [5.74, 6) is -1.64. The number of aryl methyl sites for hydroxylation is 1. The van der Waals surface area contributed by atoms with Gasteiger partial charge in [0.25, 0.3) is 5.91 Å². The molecule has 0 heterocycles. The standard InChI is InChI=1S/C21H21ClFNO3/c1-13(27-20(25)12-16-17(22)9-5-10-18(16)23)21(26)24-19-11-4-7-14-6-2-3-8-15(14)19/h2-3,5-6,8-10,13,19H,4,7,11-12H2,1H3,(H,24,26). The molecular formula is C21H21ClFNO3. The van der Waals surface area contributed by atoms with Gasteiger partial charge in [-0.2, -0.15) is 0 Å². The fourth-order valence-electron chi connectivity index (χ4n) is 3.33. The molecule has 1 N–H and O–H groups in total. The van der Waals surface area contributed by atoms with Crippen molar-refractivity contribution >= 4 is 23.5 Å². The number of nitrogens with one attached hydrogen (secondary N) is 1. The first kappa shape index (κ1) is 19.4. The molecule has 0 radical (unpaired) electrons. The van der Waals surface area contributed by atoms with Gasteiger partial charge < -0.3 is 10.1 Å². The molecule has 0 aromatic heterocycles. The minimum Gasteiger partial charge on any atom is -0.452 e. The van der Waals surface area contributed by atoms with Crippen LogP contribution in [-0.4, -0.2) is 18.0 Å². The molecule has 2 unspecified atom stereocenters. The van der Waals surface area contributed by atoms with Crippen molar-refractivity contribution in [3.63, 3.8) is 0 Å². The molecule has 1 aliphatic carbocycles. The van der Waals surface area contributed by atoms with E-state index in [2.05, 4.69) is 11.4 Å². The zero-order valence-electron chi connectivity index (χ0n) is 15.0. The summed E-state index contributed by atoms with van der Waals surface area (Å²) in [4.78, 5) is 24.5. The van der Waals surface area contributed by atoms with Gasteiger partial charge in [-0.3, -0.25) is 9.59 Å². The molecule has 4 nitrogen and oxygen atoms in total. The van der Waals surface area contributed by atoms with Crippen LogP contribution in [0.2, 0.25) is 5.02 Å². The summed E-state index contributed by atoms with van der Waals surface area (Å²) in [5, 5.41) is 3.11. The zero-order chi connectivity index (χ0) is 19.4. The summed E-state index contributed by atoms with van der Waals surface area (Å²) in [5.41, 5.74) is 2.40. The maximum Gasteiger partial charge on any atom is 0.311 e. The van der Waals surface area contributed by atoms with Gasteiger partial charge in [0.05, 0.1) is 12.5 Å². The highest BCUT2D eigenvalue weighted by Gasteiger charge is 2.25. The van der Waals surface area contributed by atoms with Gasteiger partial charge in [-0.05, 0) is 49.4 Å². The molecule has 0 fully saturated rings. The van der Waals surface area contributed by atoms with Gasteiger partial charge in [0.1, 0.15) is 5.82 Å². The van der Waals surface area contributed by atoms with Crippen LogP contribution in [0.25, 0.3) is 0 Å². The maximum absolute atomic E-state index is 13.8. The van der Waals surface area contributed by atoms with Crippen LogP contribution in [0.1, 0.15) is 42.5 Å². The average molecular weight is 390 g/mol. The largest absolute Gasteiger partial charge is 0.452 e. The van der Waals surface area contributed by atoms with Crippen LogP contribution >= 0.6 is 11.6 Å². The van der Waals surface area contributed by atoms with Crippen LogP contribution in [0, 0.1) is 5.82 Å². The van der Waals surface area contributed by atoms with Gasteiger partial charge in [0.15, 0.2) is 6.10 Å². The van der Waals surface area contributed by atoms with Crippen LogP contribution in [-0.2, 0) is 27.2 Å². The molecule has 0 aliphatic heterocycles. The number of amides is 1. The van der Waals surface area contributed by atoms with Gasteiger partial charge in [0.2, 0.25) is 0 Å². The van der Waals surface area contributed by atoms with Crippen molar-refractivity contribution < 1.29 is 18.7 Å². The molecule has 1 aliphatic rings. The van der Waals surface area contributed by atoms with Crippen LogP contribution < -0.4 is 5.32 Å². The highest BCUT2D eigenvalue weighted by molar-refractivity contribution is 6.31. The number of carbonyl (C=O) groups excluding carboxylic acids is 2. The average Bonchev–Trinajstić information content (AvgIpc) is 2.65. The Morgan fingerprint density at radius 3 is 2.81 bits per heavy atom. The van der Waals surface area contributed by atoms with E-state index in [-0.39, 0.29) is 29.0 Å². The topological polar surface area (TPSA) is 55.4 Å². The van der Waals surface area contributed by atoms with Gasteiger partial charge in [-0.25, -0.2) is 4.39 Å². The summed E-state index contributed by atoms with van der Waals surface area (Å²) in [6, 6.07) is 12.1. The number of hydrogen-bond donors (Lipinski definition) is 1. The number of esters is 1. The van der Waals surface area contributed by atoms with Crippen molar-refractivity contribution in [1.82, 2.24) is 5.32 Å². The fraction of sp³-hybridized carbons (Fsp3) is 0.333. The third-order valence-corrected chi connectivity index (χ3v) is 5.10. The number of halogens is 2. The Morgan fingerprint density at radius 2 is 2.04 bits per heavy atom. The molecule has 3 rings (SSSR count). The number of benzene rings is 2. The van der Waals surface area contributed by atoms with Crippen molar-refractivity contribution in [2.45, 2.75) is 44.8 Å². The van der Waals surface area contributed by atoms with E-state index in [0.29, 0.717) is 0 Å². The normalized spacial score (nSPS) is 16.9. The van der Waals surface area contributed by atoms with Crippen molar-refractivity contribution in [2.24, 2.45) is 0 Å². The van der Waals surface area contributed by atoms with E-state index in [1.54, 1.807) is 0 Å². The first-order valence-corrected chi connectivity index (χ1v) is 9.34. The first-order chi connectivity index (χ1) is 13.0. The Labute approximate surface area is 162 Å². The number of fused-ring (bicyclic) bond motifs is 1. The van der Waals surface area contributed by atoms with Crippen molar-refractivity contribution in [2.75, 3.05) is 0 Å². The Morgan fingerprint density at radius 1 is 1.26 bits per heavy atom. The number of rotatable bonds is 5. The second-order valence-corrected chi connectivity index (χ2v) is 7.07. The monoisotopic (exact) mass is 389 g/mol. The fourth-order valence-corrected chi connectivity index (χ4v) is 3.56. The van der Waals surface area contributed by atoms with Crippen LogP contribution in [0.3, 0.4) is 0 Å². The number of ether oxygens (including phenoxy) is 1. The van der Waals surface area contributed by atoms with Crippen molar-refractivity contribution in [3.05, 3.63) is 70.0 Å². The predicted octanol–water partition coefficient (Wildman–Crippen LogP) is 4.15. The zero-order valence-corrected chi connectivity index (χ0v) is 15.8. The van der Waals surface area contributed by atoms with Gasteiger partial charge in [-0.1, -0.05) is 41.9 Å². The molecule has 27 heavy (non-hydrogen) atoms. The van der Waals surface area contributed by atoms with Gasteiger partial charge in [0, 0.05) is 10.6 Å². The minimum absolute atomic E-state index is 0.0676. The van der Waals surface area contributed by atoms with Gasteiger partial charge in [-0.15, -0.1) is 0 Å². The van der Waals surface area contributed by atoms with E-state index in [0.717, 1.165) is 24.8 Å². The summed E-state index contributed by atoms with van der Waals surface area (Å²) >= 11 is 5.92. The third kappa shape index (κ3) is 4.66. The van der Waals surface area contributed by atoms with E-state index in [9.17, 15) is 14.0 Å². The van der Waals surface area contributed by atoms with Crippen molar-refractivity contribution in [1.29, 1.82) is 0 Å². The minimum atomic E-state index is -0.975. The summed E-state index contributed by atoms with van der Waals surface area (Å²) in [6.07, 6.45) is 1.53. The molecular weight excluding hydrogens is 369 g/mol. The first-order valence-electron chi connectivity index (χ1n) is 8.96. The molecule has 0 saturated carbocycles.